The summed E-state index contributed by atoms with van der Waals surface area (Å²) in [6.45, 7) is 0. The van der Waals surface area contributed by atoms with Gasteiger partial charge in [-0.2, -0.15) is 0 Å². The fourth-order valence-corrected chi connectivity index (χ4v) is 9.50. The van der Waals surface area contributed by atoms with Gasteiger partial charge in [0.25, 0.3) is 0 Å². The largest absolute Gasteiger partial charge is 0.309 e. The Bertz CT molecular complexity index is 3470. The predicted octanol–water partition coefficient (Wildman–Crippen LogP) is 15.3. The number of fused-ring (bicyclic) bond motifs is 8. The third kappa shape index (κ3) is 5.22. The Labute approximate surface area is 341 Å². The van der Waals surface area contributed by atoms with Gasteiger partial charge in [-0.15, -0.1) is 0 Å². The van der Waals surface area contributed by atoms with Gasteiger partial charge >= 0.3 is 0 Å². The Morgan fingerprint density at radius 3 is 1.49 bits per heavy atom. The molecule has 0 N–H and O–H groups in total. The minimum Gasteiger partial charge on any atom is -0.309 e. The molecule has 0 spiro atoms. The number of aromatic nitrogens is 2. The molecule has 3 heteroatoms. The zero-order valence-corrected chi connectivity index (χ0v) is 32.2. The van der Waals surface area contributed by atoms with Crippen LogP contribution in [0.1, 0.15) is 0 Å². The third-order valence-electron chi connectivity index (χ3n) is 12.1. The topological polar surface area (TPSA) is 13.1 Å². The summed E-state index contributed by atoms with van der Waals surface area (Å²) in [5.41, 5.74) is 12.9. The number of nitrogens with zero attached hydrogens (tertiary/aromatic N) is 3. The van der Waals surface area contributed by atoms with E-state index in [1.807, 2.05) is 0 Å². The Morgan fingerprint density at radius 2 is 0.797 bits per heavy atom. The first-order chi connectivity index (χ1) is 29.3. The molecule has 0 aliphatic carbocycles. The summed E-state index contributed by atoms with van der Waals surface area (Å²) < 4.78 is 4.83. The van der Waals surface area contributed by atoms with Gasteiger partial charge in [0.05, 0.1) is 33.4 Å². The van der Waals surface area contributed by atoms with Crippen molar-refractivity contribution < 1.29 is 0 Å². The van der Waals surface area contributed by atoms with Crippen molar-refractivity contribution in [1.82, 2.24) is 9.13 Å². The van der Waals surface area contributed by atoms with Crippen LogP contribution in [0, 0.1) is 0 Å². The van der Waals surface area contributed by atoms with E-state index in [1.54, 1.807) is 0 Å². The highest BCUT2D eigenvalue weighted by atomic mass is 15.1. The first-order valence-corrected chi connectivity index (χ1v) is 20.3. The molecule has 2 heterocycles. The van der Waals surface area contributed by atoms with Gasteiger partial charge in [0, 0.05) is 49.4 Å². The highest BCUT2D eigenvalue weighted by molar-refractivity contribution is 6.17. The van der Waals surface area contributed by atoms with Crippen LogP contribution in [0.4, 0.5) is 17.1 Å². The molecule has 0 saturated carbocycles. The number of benzene rings is 10. The zero-order valence-electron chi connectivity index (χ0n) is 32.2. The van der Waals surface area contributed by atoms with E-state index in [1.165, 1.54) is 76.3 Å². The van der Waals surface area contributed by atoms with Crippen molar-refractivity contribution in [3.63, 3.8) is 0 Å². The summed E-state index contributed by atoms with van der Waals surface area (Å²) >= 11 is 0. The quantitative estimate of drug-likeness (QED) is 0.165. The lowest BCUT2D eigenvalue weighted by Gasteiger charge is -2.28. The lowest BCUT2D eigenvalue weighted by molar-refractivity contribution is 1.17. The fraction of sp³-hybridized carbons (Fsp3) is 0. The van der Waals surface area contributed by atoms with Gasteiger partial charge in [0.1, 0.15) is 0 Å². The van der Waals surface area contributed by atoms with E-state index in [-0.39, 0.29) is 0 Å². The van der Waals surface area contributed by atoms with Crippen LogP contribution in [0.3, 0.4) is 0 Å². The molecule has 0 saturated heterocycles. The summed E-state index contributed by atoms with van der Waals surface area (Å²) in [6.07, 6.45) is 0. The maximum atomic E-state index is 2.43. The summed E-state index contributed by atoms with van der Waals surface area (Å²) in [4.78, 5) is 2.42. The maximum absolute atomic E-state index is 2.43. The second-order valence-electron chi connectivity index (χ2n) is 15.3. The molecule has 0 aliphatic rings. The number of hydrogen-bond donors (Lipinski definition) is 0. The minimum atomic E-state index is 1.10. The molecule has 3 nitrogen and oxygen atoms in total. The van der Waals surface area contributed by atoms with Gasteiger partial charge in [-0.1, -0.05) is 152 Å². The second kappa shape index (κ2) is 13.4. The first kappa shape index (κ1) is 33.3. The summed E-state index contributed by atoms with van der Waals surface area (Å²) in [6, 6.07) is 81.7. The van der Waals surface area contributed by atoms with E-state index >= 15 is 0 Å². The second-order valence-corrected chi connectivity index (χ2v) is 15.3. The molecule has 0 bridgehead atoms. The van der Waals surface area contributed by atoms with Crippen LogP contribution in [-0.2, 0) is 0 Å². The van der Waals surface area contributed by atoms with Crippen LogP contribution in [0.15, 0.2) is 224 Å². The van der Waals surface area contributed by atoms with Gasteiger partial charge in [0.2, 0.25) is 0 Å². The van der Waals surface area contributed by atoms with E-state index in [9.17, 15) is 0 Å². The van der Waals surface area contributed by atoms with Gasteiger partial charge in [-0.3, -0.25) is 0 Å². The lowest BCUT2D eigenvalue weighted by Crippen LogP contribution is -2.11. The molecule has 59 heavy (non-hydrogen) atoms. The van der Waals surface area contributed by atoms with E-state index in [0.29, 0.717) is 0 Å². The van der Waals surface area contributed by atoms with Crippen molar-refractivity contribution in [1.29, 1.82) is 0 Å². The van der Waals surface area contributed by atoms with Crippen LogP contribution < -0.4 is 4.90 Å². The van der Waals surface area contributed by atoms with Gasteiger partial charge < -0.3 is 14.0 Å². The van der Waals surface area contributed by atoms with Crippen LogP contribution in [0.25, 0.3) is 87.7 Å². The molecule has 0 amide bonds. The molecule has 10 aromatic carbocycles. The van der Waals surface area contributed by atoms with E-state index in [4.69, 9.17) is 0 Å². The molecule has 12 aromatic rings. The molecule has 276 valence electrons. The average molecular weight is 752 g/mol. The third-order valence-corrected chi connectivity index (χ3v) is 12.1. The summed E-state index contributed by atoms with van der Waals surface area (Å²) in [5.74, 6) is 0. The average Bonchev–Trinajstić information content (AvgIpc) is 3.82. The standard InChI is InChI=1S/C56H37N3/c1-2-19-41(20-3-1)59-52-26-10-8-23-47(52)48-36-31-40(37-55(48)59)46-25-14-30-54-56(46)49-24-9-11-27-53(49)58(54)43-34-32-42(33-35-43)57(50-28-12-17-38-15-4-6-21-44(38)50)51-29-13-18-39-16-5-7-22-45(39)51/h1-37H. The smallest absolute Gasteiger partial charge is 0.0547 e. The van der Waals surface area contributed by atoms with Crippen molar-refractivity contribution in [2.75, 3.05) is 4.90 Å². The van der Waals surface area contributed by atoms with Gasteiger partial charge in [-0.05, 0) is 94.7 Å². The van der Waals surface area contributed by atoms with Crippen molar-refractivity contribution >= 4 is 82.2 Å². The van der Waals surface area contributed by atoms with E-state index < -0.39 is 0 Å². The molecule has 2 aromatic heterocycles. The highest BCUT2D eigenvalue weighted by Crippen LogP contribution is 2.44. The number of para-hydroxylation sites is 3. The van der Waals surface area contributed by atoms with Gasteiger partial charge in [0.15, 0.2) is 0 Å². The lowest BCUT2D eigenvalue weighted by atomic mass is 9.98. The molecule has 0 fully saturated rings. The SMILES string of the molecule is c1ccc(-n2c3ccccc3c3ccc(-c4cccc5c4c4ccccc4n5-c4ccc(N(c5cccc6ccccc56)c5cccc6ccccc56)cc4)cc32)cc1. The first-order valence-electron chi connectivity index (χ1n) is 20.3. The maximum Gasteiger partial charge on any atom is 0.0547 e. The van der Waals surface area contributed by atoms with Crippen molar-refractivity contribution in [2.45, 2.75) is 0 Å². The predicted molar refractivity (Wildman–Crippen MR) is 250 cm³/mol. The Balaban J connectivity index is 1.04. The molecule has 0 atom stereocenters. The Kier molecular flexibility index (Phi) is 7.54. The molecule has 0 unspecified atom stereocenters. The van der Waals surface area contributed by atoms with Crippen LogP contribution >= 0.6 is 0 Å². The van der Waals surface area contributed by atoms with Crippen LogP contribution in [-0.4, -0.2) is 9.13 Å². The molecule has 0 aliphatic heterocycles. The normalized spacial score (nSPS) is 11.7. The molecular formula is C56H37N3. The van der Waals surface area contributed by atoms with Crippen LogP contribution in [0.2, 0.25) is 0 Å². The zero-order chi connectivity index (χ0) is 38.9. The van der Waals surface area contributed by atoms with Crippen molar-refractivity contribution in [3.8, 4) is 22.5 Å². The molecular weight excluding hydrogens is 715 g/mol. The minimum absolute atomic E-state index is 1.10. The summed E-state index contributed by atoms with van der Waals surface area (Å²) in [7, 11) is 0. The monoisotopic (exact) mass is 751 g/mol. The number of hydrogen-bond acceptors (Lipinski definition) is 1. The Hall–Kier alpha value is -7.88. The summed E-state index contributed by atoms with van der Waals surface area (Å²) in [5, 5.41) is 9.86. The van der Waals surface area contributed by atoms with Crippen molar-refractivity contribution in [2.24, 2.45) is 0 Å². The van der Waals surface area contributed by atoms with Crippen molar-refractivity contribution in [3.05, 3.63) is 224 Å². The van der Waals surface area contributed by atoms with Gasteiger partial charge in [-0.25, -0.2) is 0 Å². The number of anilines is 3. The van der Waals surface area contributed by atoms with E-state index in [0.717, 1.165) is 28.4 Å². The molecule has 0 radical (unpaired) electrons. The molecule has 12 rings (SSSR count). The van der Waals surface area contributed by atoms with Crippen LogP contribution in [0.5, 0.6) is 0 Å². The Morgan fingerprint density at radius 1 is 0.305 bits per heavy atom. The number of rotatable bonds is 6. The van der Waals surface area contributed by atoms with E-state index in [2.05, 4.69) is 238 Å². The highest BCUT2D eigenvalue weighted by Gasteiger charge is 2.21. The fourth-order valence-electron chi connectivity index (χ4n) is 9.50.